The third kappa shape index (κ3) is 1.74. The van der Waals surface area contributed by atoms with Crippen molar-refractivity contribution in [1.29, 1.82) is 0 Å². The second kappa shape index (κ2) is 3.11. The normalized spacial score (nSPS) is 40.1. The number of ether oxygens (including phenoxy) is 1. The van der Waals surface area contributed by atoms with Crippen molar-refractivity contribution in [2.24, 2.45) is 11.8 Å². The highest BCUT2D eigenvalue weighted by atomic mass is 16.5. The number of nitrogens with zero attached hydrogens (tertiary/aromatic N) is 1. The van der Waals surface area contributed by atoms with Crippen molar-refractivity contribution in [2.75, 3.05) is 33.4 Å². The smallest absolute Gasteiger partial charge is 0.0506 e. The van der Waals surface area contributed by atoms with E-state index in [1.807, 2.05) is 0 Å². The van der Waals surface area contributed by atoms with Crippen molar-refractivity contribution >= 4 is 0 Å². The standard InChI is InChI=1S/C9H17NO/c1-10-4-8-2-3-9(5-10)7-11-6-8/h8-9H,2-7H2,1H3. The van der Waals surface area contributed by atoms with Crippen LogP contribution < -0.4 is 0 Å². The van der Waals surface area contributed by atoms with Gasteiger partial charge in [-0.2, -0.15) is 0 Å². The van der Waals surface area contributed by atoms with Crippen molar-refractivity contribution in [1.82, 2.24) is 4.90 Å². The van der Waals surface area contributed by atoms with Crippen LogP contribution in [0.4, 0.5) is 0 Å². The van der Waals surface area contributed by atoms with E-state index in [1.165, 1.54) is 25.9 Å². The van der Waals surface area contributed by atoms with Crippen LogP contribution in [0.3, 0.4) is 0 Å². The third-order valence-corrected chi connectivity index (χ3v) is 2.83. The van der Waals surface area contributed by atoms with Crippen LogP contribution in [0.1, 0.15) is 12.8 Å². The van der Waals surface area contributed by atoms with Gasteiger partial charge in [0.25, 0.3) is 0 Å². The van der Waals surface area contributed by atoms with Gasteiger partial charge in [-0.15, -0.1) is 0 Å². The van der Waals surface area contributed by atoms with Gasteiger partial charge < -0.3 is 9.64 Å². The Bertz CT molecular complexity index is 124. The van der Waals surface area contributed by atoms with Crippen LogP contribution >= 0.6 is 0 Å². The van der Waals surface area contributed by atoms with Crippen molar-refractivity contribution < 1.29 is 4.74 Å². The molecule has 2 bridgehead atoms. The van der Waals surface area contributed by atoms with E-state index in [4.69, 9.17) is 4.74 Å². The Kier molecular flexibility index (Phi) is 2.14. The fourth-order valence-electron chi connectivity index (χ4n) is 2.28. The molecule has 2 saturated heterocycles. The highest BCUT2D eigenvalue weighted by molar-refractivity contribution is 4.77. The summed E-state index contributed by atoms with van der Waals surface area (Å²) in [6.07, 6.45) is 2.77. The number of fused-ring (bicyclic) bond motifs is 3. The minimum atomic E-state index is 0.812. The molecule has 2 heteroatoms. The Morgan fingerprint density at radius 3 is 2.18 bits per heavy atom. The number of hydrogen-bond acceptors (Lipinski definition) is 2. The van der Waals surface area contributed by atoms with Crippen LogP contribution in [0.15, 0.2) is 0 Å². The molecule has 0 aromatic carbocycles. The molecule has 64 valence electrons. The fourth-order valence-corrected chi connectivity index (χ4v) is 2.28. The van der Waals surface area contributed by atoms with Gasteiger partial charge in [0.1, 0.15) is 0 Å². The lowest BCUT2D eigenvalue weighted by Crippen LogP contribution is -2.32. The summed E-state index contributed by atoms with van der Waals surface area (Å²) in [5, 5.41) is 0. The molecule has 0 aliphatic carbocycles. The molecule has 0 aromatic heterocycles. The SMILES string of the molecule is CN1CC2CCC(COC2)C1. The zero-order valence-electron chi connectivity index (χ0n) is 7.25. The maximum Gasteiger partial charge on any atom is 0.0506 e. The predicted molar refractivity (Wildman–Crippen MR) is 44.5 cm³/mol. The molecule has 2 aliphatic rings. The second-order valence-electron chi connectivity index (χ2n) is 4.07. The Morgan fingerprint density at radius 1 is 1.09 bits per heavy atom. The van der Waals surface area contributed by atoms with Gasteiger partial charge >= 0.3 is 0 Å². The van der Waals surface area contributed by atoms with Gasteiger partial charge in [-0.1, -0.05) is 0 Å². The highest BCUT2D eigenvalue weighted by Gasteiger charge is 2.25. The lowest BCUT2D eigenvalue weighted by molar-refractivity contribution is 0.0540. The van der Waals surface area contributed by atoms with Crippen molar-refractivity contribution in [3.63, 3.8) is 0 Å². The highest BCUT2D eigenvalue weighted by Crippen LogP contribution is 2.24. The Morgan fingerprint density at radius 2 is 1.64 bits per heavy atom. The topological polar surface area (TPSA) is 12.5 Å². The molecule has 0 N–H and O–H groups in total. The molecule has 0 aromatic rings. The summed E-state index contributed by atoms with van der Waals surface area (Å²) in [6.45, 7) is 4.49. The van der Waals surface area contributed by atoms with Crippen molar-refractivity contribution in [3.05, 3.63) is 0 Å². The molecule has 2 unspecified atom stereocenters. The van der Waals surface area contributed by atoms with Crippen LogP contribution in [-0.4, -0.2) is 38.3 Å². The van der Waals surface area contributed by atoms with Crippen molar-refractivity contribution in [3.8, 4) is 0 Å². The minimum Gasteiger partial charge on any atom is -0.381 e. The Balaban J connectivity index is 2.04. The summed E-state index contributed by atoms with van der Waals surface area (Å²) < 4.78 is 5.58. The predicted octanol–water partition coefficient (Wildman–Crippen LogP) is 0.975. The summed E-state index contributed by atoms with van der Waals surface area (Å²) in [4.78, 5) is 2.46. The molecule has 0 spiro atoms. The number of likely N-dealkylation sites (tertiary alicyclic amines) is 1. The van der Waals surface area contributed by atoms with E-state index in [2.05, 4.69) is 11.9 Å². The first-order chi connectivity index (χ1) is 5.34. The molecule has 2 fully saturated rings. The quantitative estimate of drug-likeness (QED) is 0.517. The molecule has 11 heavy (non-hydrogen) atoms. The average molecular weight is 155 g/mol. The van der Waals surface area contributed by atoms with E-state index < -0.39 is 0 Å². The molecule has 2 rings (SSSR count). The zero-order chi connectivity index (χ0) is 7.68. The van der Waals surface area contributed by atoms with Gasteiger partial charge in [-0.25, -0.2) is 0 Å². The zero-order valence-corrected chi connectivity index (χ0v) is 7.25. The molecule has 0 radical (unpaired) electrons. The van der Waals surface area contributed by atoms with Gasteiger partial charge in [-0.3, -0.25) is 0 Å². The lowest BCUT2D eigenvalue weighted by atomic mass is 10.0. The largest absolute Gasteiger partial charge is 0.381 e. The molecule has 2 atom stereocenters. The van der Waals surface area contributed by atoms with E-state index in [0.717, 1.165) is 25.0 Å². The van der Waals surface area contributed by atoms with E-state index in [-0.39, 0.29) is 0 Å². The molecule has 2 nitrogen and oxygen atoms in total. The van der Waals surface area contributed by atoms with Crippen LogP contribution in [-0.2, 0) is 4.74 Å². The number of rotatable bonds is 0. The summed E-state index contributed by atoms with van der Waals surface area (Å²) in [7, 11) is 2.23. The first-order valence-electron chi connectivity index (χ1n) is 4.61. The van der Waals surface area contributed by atoms with E-state index in [0.29, 0.717) is 0 Å². The summed E-state index contributed by atoms with van der Waals surface area (Å²) in [5.41, 5.74) is 0. The van der Waals surface area contributed by atoms with Crippen molar-refractivity contribution in [2.45, 2.75) is 12.8 Å². The average Bonchev–Trinajstić information content (AvgIpc) is 2.19. The van der Waals surface area contributed by atoms with Gasteiger partial charge in [-0.05, 0) is 31.7 Å². The Labute approximate surface area is 68.5 Å². The molecular weight excluding hydrogens is 138 g/mol. The van der Waals surface area contributed by atoms with Crippen LogP contribution in [0.5, 0.6) is 0 Å². The van der Waals surface area contributed by atoms with Gasteiger partial charge in [0.15, 0.2) is 0 Å². The van der Waals surface area contributed by atoms with E-state index in [9.17, 15) is 0 Å². The minimum absolute atomic E-state index is 0.812. The summed E-state index contributed by atoms with van der Waals surface area (Å²) in [6, 6.07) is 0. The van der Waals surface area contributed by atoms with Crippen LogP contribution in [0.2, 0.25) is 0 Å². The third-order valence-electron chi connectivity index (χ3n) is 2.83. The molecule has 0 saturated carbocycles. The lowest BCUT2D eigenvalue weighted by Gasteiger charge is -2.24. The van der Waals surface area contributed by atoms with Crippen LogP contribution in [0, 0.1) is 11.8 Å². The second-order valence-corrected chi connectivity index (χ2v) is 4.07. The molecular formula is C9H17NO. The summed E-state index contributed by atoms with van der Waals surface area (Å²) in [5.74, 6) is 1.62. The van der Waals surface area contributed by atoms with E-state index in [1.54, 1.807) is 0 Å². The Hall–Kier alpha value is -0.0800. The monoisotopic (exact) mass is 155 g/mol. The van der Waals surface area contributed by atoms with Gasteiger partial charge in [0.05, 0.1) is 13.2 Å². The fraction of sp³-hybridized carbons (Fsp3) is 1.00. The first kappa shape index (κ1) is 7.56. The van der Waals surface area contributed by atoms with Gasteiger partial charge in [0, 0.05) is 13.1 Å². The van der Waals surface area contributed by atoms with Gasteiger partial charge in [0.2, 0.25) is 0 Å². The van der Waals surface area contributed by atoms with E-state index >= 15 is 0 Å². The first-order valence-corrected chi connectivity index (χ1v) is 4.61. The number of hydrogen-bond donors (Lipinski definition) is 0. The summed E-state index contributed by atoms with van der Waals surface area (Å²) >= 11 is 0. The molecule has 2 aliphatic heterocycles. The van der Waals surface area contributed by atoms with Crippen LogP contribution in [0.25, 0.3) is 0 Å². The maximum atomic E-state index is 5.58. The maximum absolute atomic E-state index is 5.58. The molecule has 0 amide bonds. The molecule has 2 heterocycles.